The Balaban J connectivity index is 1.42. The molecule has 5 heteroatoms. The van der Waals surface area contributed by atoms with Gasteiger partial charge in [-0.2, -0.15) is 0 Å². The Morgan fingerprint density at radius 1 is 0.821 bits per heavy atom. The summed E-state index contributed by atoms with van der Waals surface area (Å²) in [5, 5.41) is 2.86. The molecule has 0 aromatic heterocycles. The second-order valence-electron chi connectivity index (χ2n) is 6.13. The van der Waals surface area contributed by atoms with E-state index in [1.165, 1.54) is 0 Å². The molecule has 5 nitrogen and oxygen atoms in total. The lowest BCUT2D eigenvalue weighted by atomic mass is 10.1. The number of nitrogens with one attached hydrogen (secondary N) is 1. The molecule has 0 atom stereocenters. The maximum atomic E-state index is 12.0. The minimum absolute atomic E-state index is 0.0442. The lowest BCUT2D eigenvalue weighted by Gasteiger charge is -2.10. The van der Waals surface area contributed by atoms with Gasteiger partial charge in [0.2, 0.25) is 0 Å². The molecule has 0 spiro atoms. The molecule has 1 N–H and O–H groups in total. The molecule has 3 aromatic rings. The van der Waals surface area contributed by atoms with Crippen molar-refractivity contribution >= 4 is 5.91 Å². The van der Waals surface area contributed by atoms with Gasteiger partial charge in [0.1, 0.15) is 23.0 Å². The second kappa shape index (κ2) is 10.0. The van der Waals surface area contributed by atoms with Crippen molar-refractivity contribution in [3.8, 4) is 23.0 Å². The van der Waals surface area contributed by atoms with E-state index in [4.69, 9.17) is 14.2 Å². The number of methoxy groups -OCH3 is 1. The quantitative estimate of drug-likeness (QED) is 0.606. The number of carbonyl (C=O) groups excluding carboxylic acids is 1. The van der Waals surface area contributed by atoms with Crippen molar-refractivity contribution in [1.82, 2.24) is 5.32 Å². The molecule has 1 amide bonds. The van der Waals surface area contributed by atoms with Crippen LogP contribution in [0.5, 0.6) is 23.0 Å². The van der Waals surface area contributed by atoms with Crippen LogP contribution < -0.4 is 19.5 Å². The van der Waals surface area contributed by atoms with Gasteiger partial charge in [-0.15, -0.1) is 0 Å². The van der Waals surface area contributed by atoms with E-state index < -0.39 is 0 Å². The molecule has 0 fully saturated rings. The topological polar surface area (TPSA) is 56.8 Å². The molecule has 0 saturated heterocycles. The molecule has 3 aromatic carbocycles. The summed E-state index contributed by atoms with van der Waals surface area (Å²) in [5.41, 5.74) is 1.13. The maximum absolute atomic E-state index is 12.0. The molecule has 28 heavy (non-hydrogen) atoms. The highest BCUT2D eigenvalue weighted by atomic mass is 16.5. The predicted octanol–water partition coefficient (Wildman–Crippen LogP) is 4.23. The highest BCUT2D eigenvalue weighted by Crippen LogP contribution is 2.24. The fraction of sp³-hybridized carbons (Fsp3) is 0.174. The lowest BCUT2D eigenvalue weighted by Crippen LogP contribution is -2.30. The summed E-state index contributed by atoms with van der Waals surface area (Å²) in [7, 11) is 1.64. The van der Waals surface area contributed by atoms with Gasteiger partial charge in [-0.25, -0.2) is 0 Å². The minimum Gasteiger partial charge on any atom is -0.497 e. The van der Waals surface area contributed by atoms with E-state index in [1.807, 2.05) is 66.7 Å². The number of para-hydroxylation sites is 1. The van der Waals surface area contributed by atoms with Gasteiger partial charge in [-0.3, -0.25) is 4.79 Å². The van der Waals surface area contributed by atoms with Gasteiger partial charge < -0.3 is 19.5 Å². The highest BCUT2D eigenvalue weighted by molar-refractivity contribution is 5.77. The van der Waals surface area contributed by atoms with Gasteiger partial charge in [-0.05, 0) is 48.4 Å². The van der Waals surface area contributed by atoms with Crippen LogP contribution in [-0.2, 0) is 11.2 Å². The van der Waals surface area contributed by atoms with Crippen LogP contribution in [0.1, 0.15) is 5.56 Å². The summed E-state index contributed by atoms with van der Waals surface area (Å²) in [6.07, 6.45) is 0.746. The largest absolute Gasteiger partial charge is 0.497 e. The zero-order valence-electron chi connectivity index (χ0n) is 15.8. The maximum Gasteiger partial charge on any atom is 0.257 e. The van der Waals surface area contributed by atoms with Crippen LogP contribution in [0, 0.1) is 0 Å². The van der Waals surface area contributed by atoms with Crippen LogP contribution >= 0.6 is 0 Å². The van der Waals surface area contributed by atoms with Gasteiger partial charge in [0.05, 0.1) is 7.11 Å². The Hall–Kier alpha value is -3.47. The van der Waals surface area contributed by atoms with Crippen molar-refractivity contribution in [2.75, 3.05) is 20.3 Å². The van der Waals surface area contributed by atoms with Gasteiger partial charge in [0.15, 0.2) is 6.61 Å². The molecule has 0 saturated carbocycles. The first-order valence-corrected chi connectivity index (χ1v) is 9.08. The Labute approximate surface area is 164 Å². The van der Waals surface area contributed by atoms with Crippen molar-refractivity contribution in [2.45, 2.75) is 6.42 Å². The van der Waals surface area contributed by atoms with Crippen molar-refractivity contribution in [3.63, 3.8) is 0 Å². The summed E-state index contributed by atoms with van der Waals surface area (Å²) >= 11 is 0. The first kappa shape index (κ1) is 19.3. The Morgan fingerprint density at radius 2 is 1.54 bits per heavy atom. The van der Waals surface area contributed by atoms with Crippen LogP contribution in [0.15, 0.2) is 78.9 Å². The third-order valence-corrected chi connectivity index (χ3v) is 4.05. The third kappa shape index (κ3) is 6.06. The number of hydrogen-bond donors (Lipinski definition) is 1. The molecule has 3 rings (SSSR count). The van der Waals surface area contributed by atoms with Crippen molar-refractivity contribution in [3.05, 3.63) is 84.4 Å². The lowest BCUT2D eigenvalue weighted by molar-refractivity contribution is -0.123. The highest BCUT2D eigenvalue weighted by Gasteiger charge is 2.05. The number of rotatable bonds is 9. The zero-order valence-corrected chi connectivity index (χ0v) is 15.8. The molecule has 0 unspecified atom stereocenters. The van der Waals surface area contributed by atoms with Gasteiger partial charge in [0, 0.05) is 12.6 Å². The van der Waals surface area contributed by atoms with E-state index in [0.717, 1.165) is 23.5 Å². The Morgan fingerprint density at radius 3 is 2.29 bits per heavy atom. The molecule has 0 radical (unpaired) electrons. The van der Waals surface area contributed by atoms with Gasteiger partial charge >= 0.3 is 0 Å². The number of ether oxygens (including phenoxy) is 3. The zero-order chi connectivity index (χ0) is 19.6. The summed E-state index contributed by atoms with van der Waals surface area (Å²) in [4.78, 5) is 12.0. The van der Waals surface area contributed by atoms with Crippen LogP contribution in [0.25, 0.3) is 0 Å². The molecule has 0 aliphatic heterocycles. The van der Waals surface area contributed by atoms with E-state index in [1.54, 1.807) is 19.2 Å². The van der Waals surface area contributed by atoms with E-state index >= 15 is 0 Å². The second-order valence-corrected chi connectivity index (χ2v) is 6.13. The van der Waals surface area contributed by atoms with E-state index in [0.29, 0.717) is 18.0 Å². The number of amides is 1. The molecule has 0 aliphatic carbocycles. The van der Waals surface area contributed by atoms with E-state index in [-0.39, 0.29) is 12.5 Å². The SMILES string of the molecule is COc1ccc(CCNC(=O)COc2cccc(Oc3ccccc3)c2)cc1. The number of benzene rings is 3. The minimum atomic E-state index is -0.164. The van der Waals surface area contributed by atoms with E-state index in [2.05, 4.69) is 5.32 Å². The number of hydrogen-bond acceptors (Lipinski definition) is 4. The summed E-state index contributed by atoms with van der Waals surface area (Å²) < 4.78 is 16.5. The summed E-state index contributed by atoms with van der Waals surface area (Å²) in [5.74, 6) is 2.64. The normalized spacial score (nSPS) is 10.2. The average Bonchev–Trinajstić information content (AvgIpc) is 2.74. The molecule has 0 heterocycles. The van der Waals surface area contributed by atoms with Crippen LogP contribution in [0.4, 0.5) is 0 Å². The molecule has 144 valence electrons. The average molecular weight is 377 g/mol. The van der Waals surface area contributed by atoms with Crippen molar-refractivity contribution in [2.24, 2.45) is 0 Å². The molecule has 0 aliphatic rings. The van der Waals surface area contributed by atoms with Crippen molar-refractivity contribution < 1.29 is 19.0 Å². The van der Waals surface area contributed by atoms with Crippen LogP contribution in [0.3, 0.4) is 0 Å². The molecular formula is C23H23NO4. The monoisotopic (exact) mass is 377 g/mol. The first-order valence-electron chi connectivity index (χ1n) is 9.08. The Kier molecular flexibility index (Phi) is 6.90. The van der Waals surface area contributed by atoms with Gasteiger partial charge in [-0.1, -0.05) is 36.4 Å². The Bertz CT molecular complexity index is 879. The standard InChI is InChI=1S/C23H23NO4/c1-26-19-12-10-18(11-13-19)14-15-24-23(25)17-27-21-8-5-9-22(16-21)28-20-6-3-2-4-7-20/h2-13,16H,14-15,17H2,1H3,(H,24,25). The van der Waals surface area contributed by atoms with Gasteiger partial charge in [0.25, 0.3) is 5.91 Å². The molecular weight excluding hydrogens is 354 g/mol. The fourth-order valence-corrected chi connectivity index (χ4v) is 2.59. The number of carbonyl (C=O) groups is 1. The van der Waals surface area contributed by atoms with Crippen LogP contribution in [-0.4, -0.2) is 26.2 Å². The smallest absolute Gasteiger partial charge is 0.257 e. The molecule has 0 bridgehead atoms. The summed E-state index contributed by atoms with van der Waals surface area (Å²) in [6, 6.07) is 24.5. The van der Waals surface area contributed by atoms with Crippen LogP contribution in [0.2, 0.25) is 0 Å². The van der Waals surface area contributed by atoms with Crippen molar-refractivity contribution in [1.29, 1.82) is 0 Å². The van der Waals surface area contributed by atoms with E-state index in [9.17, 15) is 4.79 Å². The third-order valence-electron chi connectivity index (χ3n) is 4.05. The first-order chi connectivity index (χ1) is 13.7. The fourth-order valence-electron chi connectivity index (χ4n) is 2.59. The summed E-state index contributed by atoms with van der Waals surface area (Å²) in [6.45, 7) is 0.503. The predicted molar refractivity (Wildman–Crippen MR) is 108 cm³/mol.